The van der Waals surface area contributed by atoms with Gasteiger partial charge in [-0.3, -0.25) is 4.79 Å². The van der Waals surface area contributed by atoms with Gasteiger partial charge in [0, 0.05) is 31.7 Å². The molecule has 0 saturated carbocycles. The monoisotopic (exact) mass is 554 g/mol. The van der Waals surface area contributed by atoms with Crippen LogP contribution in [0.1, 0.15) is 64.8 Å². The second-order valence-electron chi connectivity index (χ2n) is 11.9. The molecule has 9 heteroatoms. The zero-order valence-electron chi connectivity index (χ0n) is 24.4. The van der Waals surface area contributed by atoms with Crippen molar-refractivity contribution < 1.29 is 17.9 Å². The number of aryl methyl sites for hydroxylation is 1. The molecule has 0 unspecified atom stereocenters. The van der Waals surface area contributed by atoms with Crippen molar-refractivity contribution in [2.24, 2.45) is 0 Å². The number of nitrogens with zero attached hydrogens (tertiary/aromatic N) is 3. The summed E-state index contributed by atoms with van der Waals surface area (Å²) in [6.45, 7) is 14.6. The minimum atomic E-state index is -3.92. The molecular formula is C30H42N4O4S. The molecule has 2 aromatic carbocycles. The highest BCUT2D eigenvalue weighted by molar-refractivity contribution is 7.89. The average molecular weight is 555 g/mol. The first-order valence-corrected chi connectivity index (χ1v) is 14.6. The molecule has 1 amide bonds. The Kier molecular flexibility index (Phi) is 9.41. The Morgan fingerprint density at radius 1 is 1.00 bits per heavy atom. The quantitative estimate of drug-likeness (QED) is 0.337. The lowest BCUT2D eigenvalue weighted by atomic mass is 9.87. The van der Waals surface area contributed by atoms with E-state index in [2.05, 4.69) is 46.9 Å². The van der Waals surface area contributed by atoms with Crippen LogP contribution in [0.15, 0.2) is 59.5 Å². The van der Waals surface area contributed by atoms with Gasteiger partial charge in [-0.25, -0.2) is 13.1 Å². The number of nitrogens with one attached hydrogen (secondary N) is 1. The number of para-hydroxylation sites is 1. The van der Waals surface area contributed by atoms with Crippen LogP contribution in [0.25, 0.3) is 5.69 Å². The van der Waals surface area contributed by atoms with E-state index in [0.29, 0.717) is 18.8 Å². The van der Waals surface area contributed by atoms with Crippen molar-refractivity contribution in [3.63, 3.8) is 0 Å². The molecule has 8 nitrogen and oxygen atoms in total. The first kappa shape index (κ1) is 30.5. The second-order valence-corrected chi connectivity index (χ2v) is 13.8. The maximum absolute atomic E-state index is 13.6. The van der Waals surface area contributed by atoms with Gasteiger partial charge in [-0.2, -0.15) is 9.40 Å². The van der Waals surface area contributed by atoms with Gasteiger partial charge in [0.15, 0.2) is 0 Å². The van der Waals surface area contributed by atoms with Crippen molar-refractivity contribution in [2.75, 3.05) is 32.1 Å². The first-order valence-electron chi connectivity index (χ1n) is 13.2. The van der Waals surface area contributed by atoms with Gasteiger partial charge in [0.1, 0.15) is 5.82 Å². The number of hydrogen-bond acceptors (Lipinski definition) is 5. The Bertz CT molecular complexity index is 1380. The maximum Gasteiger partial charge on any atom is 0.243 e. The smallest absolute Gasteiger partial charge is 0.243 e. The Hall–Kier alpha value is -3.01. The van der Waals surface area contributed by atoms with Crippen LogP contribution in [0.5, 0.6) is 0 Å². The van der Waals surface area contributed by atoms with E-state index in [0.717, 1.165) is 22.5 Å². The first-order chi connectivity index (χ1) is 18.1. The number of benzene rings is 2. The molecular weight excluding hydrogens is 512 g/mol. The number of methoxy groups -OCH3 is 1. The second kappa shape index (κ2) is 12.0. The zero-order valence-corrected chi connectivity index (χ0v) is 25.2. The Morgan fingerprint density at radius 3 is 2.21 bits per heavy atom. The van der Waals surface area contributed by atoms with Gasteiger partial charge in [-0.15, -0.1) is 0 Å². The predicted octanol–water partition coefficient (Wildman–Crippen LogP) is 5.44. The molecule has 3 rings (SSSR count). The van der Waals surface area contributed by atoms with Crippen molar-refractivity contribution in [3.05, 3.63) is 71.4 Å². The molecule has 0 fully saturated rings. The van der Waals surface area contributed by atoms with Crippen LogP contribution in [-0.2, 0) is 30.4 Å². The summed E-state index contributed by atoms with van der Waals surface area (Å²) >= 11 is 0. The van der Waals surface area contributed by atoms with Crippen molar-refractivity contribution in [3.8, 4) is 5.69 Å². The van der Waals surface area contributed by atoms with Gasteiger partial charge in [-0.1, -0.05) is 71.9 Å². The zero-order chi connectivity index (χ0) is 29.0. The van der Waals surface area contributed by atoms with E-state index in [-0.39, 0.29) is 28.8 Å². The fourth-order valence-electron chi connectivity index (χ4n) is 4.11. The number of carbonyl (C=O) groups excluding carboxylic acids is 1. The molecule has 0 aliphatic carbocycles. The molecule has 39 heavy (non-hydrogen) atoms. The lowest BCUT2D eigenvalue weighted by Gasteiger charge is -2.23. The van der Waals surface area contributed by atoms with Crippen LogP contribution in [0.3, 0.4) is 0 Å². The van der Waals surface area contributed by atoms with Crippen LogP contribution < -0.4 is 5.32 Å². The van der Waals surface area contributed by atoms with E-state index in [1.54, 1.807) is 23.9 Å². The number of sulfonamides is 1. The van der Waals surface area contributed by atoms with Crippen LogP contribution in [0.4, 0.5) is 5.82 Å². The summed E-state index contributed by atoms with van der Waals surface area (Å²) in [4.78, 5) is 13.5. The maximum atomic E-state index is 13.6. The van der Waals surface area contributed by atoms with E-state index in [4.69, 9.17) is 9.84 Å². The molecule has 0 atom stereocenters. The molecule has 1 aromatic heterocycles. The fourth-order valence-corrected chi connectivity index (χ4v) is 5.54. The molecule has 0 bridgehead atoms. The molecule has 0 aliphatic heterocycles. The Labute approximate surface area is 233 Å². The largest absolute Gasteiger partial charge is 0.385 e. The number of carbonyl (C=O) groups is 1. The van der Waals surface area contributed by atoms with Gasteiger partial charge in [0.05, 0.1) is 22.8 Å². The third-order valence-corrected chi connectivity index (χ3v) is 8.38. The lowest BCUT2D eigenvalue weighted by Crippen LogP contribution is -2.39. The summed E-state index contributed by atoms with van der Waals surface area (Å²) in [6, 6.07) is 16.5. The van der Waals surface area contributed by atoms with Crippen LogP contribution >= 0.6 is 0 Å². The third-order valence-electron chi connectivity index (χ3n) is 6.52. The van der Waals surface area contributed by atoms with Crippen LogP contribution in [0.2, 0.25) is 0 Å². The highest BCUT2D eigenvalue weighted by atomic mass is 32.2. The molecule has 0 saturated heterocycles. The number of rotatable bonds is 10. The predicted molar refractivity (Wildman–Crippen MR) is 156 cm³/mol. The van der Waals surface area contributed by atoms with E-state index in [1.807, 2.05) is 49.4 Å². The summed E-state index contributed by atoms with van der Waals surface area (Å²) in [7, 11) is -2.36. The molecule has 0 aliphatic rings. The molecule has 212 valence electrons. The third kappa shape index (κ3) is 7.56. The van der Waals surface area contributed by atoms with Crippen molar-refractivity contribution in [2.45, 2.75) is 70.6 Å². The summed E-state index contributed by atoms with van der Waals surface area (Å²) < 4.78 is 35.3. The minimum Gasteiger partial charge on any atom is -0.385 e. The number of anilines is 1. The molecule has 0 spiro atoms. The van der Waals surface area contributed by atoms with E-state index in [9.17, 15) is 13.2 Å². The number of ether oxygens (including phenoxy) is 1. The average Bonchev–Trinajstić information content (AvgIpc) is 3.27. The minimum absolute atomic E-state index is 0.105. The SMILES string of the molecule is COCCCN(CC(=O)Nc1cc(C(C)(C)C)nn1-c1ccccc1C)S(=O)(=O)c1ccc(C(C)(C)C)cc1. The fraction of sp³-hybridized carbons (Fsp3) is 0.467. The van der Waals surface area contributed by atoms with Gasteiger partial charge in [-0.05, 0) is 48.1 Å². The molecule has 0 radical (unpaired) electrons. The molecule has 3 aromatic rings. The number of hydrogen-bond donors (Lipinski definition) is 1. The number of amides is 1. The standard InChI is InChI=1S/C30H42N4O4S/c1-22-12-9-10-13-25(22)34-27(20-26(32-34)30(5,6)7)31-28(35)21-33(18-11-19-38-8)39(36,37)24-16-14-23(15-17-24)29(2,3)4/h9-10,12-17,20H,11,18-19,21H2,1-8H3,(H,31,35). The van der Waals surface area contributed by atoms with E-state index >= 15 is 0 Å². The summed E-state index contributed by atoms with van der Waals surface area (Å²) in [5, 5.41) is 7.71. The summed E-state index contributed by atoms with van der Waals surface area (Å²) in [6.07, 6.45) is 0.457. The Morgan fingerprint density at radius 2 is 1.64 bits per heavy atom. The summed E-state index contributed by atoms with van der Waals surface area (Å²) in [5.41, 5.74) is 3.33. The number of aromatic nitrogens is 2. The van der Waals surface area contributed by atoms with Crippen LogP contribution in [0, 0.1) is 6.92 Å². The van der Waals surface area contributed by atoms with E-state index < -0.39 is 15.9 Å². The Balaban J connectivity index is 1.92. The highest BCUT2D eigenvalue weighted by Gasteiger charge is 2.28. The van der Waals surface area contributed by atoms with Crippen molar-refractivity contribution in [1.29, 1.82) is 0 Å². The van der Waals surface area contributed by atoms with Gasteiger partial charge >= 0.3 is 0 Å². The molecule has 1 N–H and O–H groups in total. The lowest BCUT2D eigenvalue weighted by molar-refractivity contribution is -0.116. The van der Waals surface area contributed by atoms with Gasteiger partial charge < -0.3 is 10.1 Å². The van der Waals surface area contributed by atoms with E-state index in [1.165, 1.54) is 4.31 Å². The van der Waals surface area contributed by atoms with Crippen molar-refractivity contribution >= 4 is 21.7 Å². The highest BCUT2D eigenvalue weighted by Crippen LogP contribution is 2.28. The topological polar surface area (TPSA) is 93.5 Å². The molecule has 1 heterocycles. The van der Waals surface area contributed by atoms with Gasteiger partial charge in [0.2, 0.25) is 15.9 Å². The van der Waals surface area contributed by atoms with Crippen molar-refractivity contribution in [1.82, 2.24) is 14.1 Å². The van der Waals surface area contributed by atoms with Gasteiger partial charge in [0.25, 0.3) is 0 Å². The van der Waals surface area contributed by atoms with Crippen LogP contribution in [-0.4, -0.2) is 55.2 Å². The summed E-state index contributed by atoms with van der Waals surface area (Å²) in [5.74, 6) is 0.0421. The normalized spacial score (nSPS) is 12.6.